The van der Waals surface area contributed by atoms with Crippen LogP contribution in [0.1, 0.15) is 40.5 Å². The van der Waals surface area contributed by atoms with Crippen LogP contribution in [0.3, 0.4) is 0 Å². The number of hydrogen-bond acceptors (Lipinski definition) is 5. The number of rotatable bonds is 8. The highest BCUT2D eigenvalue weighted by Crippen LogP contribution is 2.36. The number of carbonyl (C=O) groups is 3. The van der Waals surface area contributed by atoms with Crippen molar-refractivity contribution in [2.24, 2.45) is 17.4 Å². The minimum atomic E-state index is -0.576. The van der Waals surface area contributed by atoms with Gasteiger partial charge in [-0.2, -0.15) is 5.10 Å². The molecule has 0 radical (unpaired) electrons. The molecule has 1 unspecified atom stereocenters. The fraction of sp³-hybridized carbons (Fsp3) is 0.304. The average Bonchev–Trinajstić information content (AvgIpc) is 3.51. The third kappa shape index (κ3) is 4.27. The summed E-state index contributed by atoms with van der Waals surface area (Å²) in [6.07, 6.45) is 5.64. The standard InChI is InChI=1S/C23H26N6O3/c1-13(14-6-7-14)27-21-18(22(25)31)10-26-29-11-17(9-19(21)29)15-4-3-5-16(8-15)23(32)28(2)12-20(24)30/h3-5,8-11,13-14,27H,6-7,12H2,1-2H3,(H2,24,30)(H2,25,31). The molecule has 1 saturated carbocycles. The van der Waals surface area contributed by atoms with E-state index in [9.17, 15) is 14.4 Å². The lowest BCUT2D eigenvalue weighted by Gasteiger charge is -2.17. The number of nitrogens with two attached hydrogens (primary N) is 2. The predicted molar refractivity (Wildman–Crippen MR) is 121 cm³/mol. The maximum Gasteiger partial charge on any atom is 0.254 e. The Balaban J connectivity index is 1.72. The second kappa shape index (κ2) is 8.33. The largest absolute Gasteiger partial charge is 0.380 e. The molecule has 2 heterocycles. The van der Waals surface area contributed by atoms with E-state index in [-0.39, 0.29) is 18.5 Å². The van der Waals surface area contributed by atoms with Crippen molar-refractivity contribution in [3.63, 3.8) is 0 Å². The Morgan fingerprint density at radius 3 is 2.62 bits per heavy atom. The molecule has 2 aromatic heterocycles. The molecule has 5 N–H and O–H groups in total. The van der Waals surface area contributed by atoms with Gasteiger partial charge in [0, 0.05) is 30.4 Å². The van der Waals surface area contributed by atoms with Crippen LogP contribution in [0.2, 0.25) is 0 Å². The van der Waals surface area contributed by atoms with Crippen LogP contribution in [0.5, 0.6) is 0 Å². The van der Waals surface area contributed by atoms with Crippen LogP contribution in [0.25, 0.3) is 16.6 Å². The van der Waals surface area contributed by atoms with Gasteiger partial charge in [-0.3, -0.25) is 14.4 Å². The summed E-state index contributed by atoms with van der Waals surface area (Å²) in [7, 11) is 1.53. The number of nitrogens with one attached hydrogen (secondary N) is 1. The Labute approximate surface area is 185 Å². The molecule has 0 aliphatic heterocycles. The highest BCUT2D eigenvalue weighted by Gasteiger charge is 2.29. The summed E-state index contributed by atoms with van der Waals surface area (Å²) >= 11 is 0. The first kappa shape index (κ1) is 21.4. The number of fused-ring (bicyclic) bond motifs is 1. The van der Waals surface area contributed by atoms with Gasteiger partial charge in [0.1, 0.15) is 0 Å². The lowest BCUT2D eigenvalue weighted by molar-refractivity contribution is -0.118. The first-order valence-electron chi connectivity index (χ1n) is 10.5. The normalized spacial score (nSPS) is 14.2. The van der Waals surface area contributed by atoms with Crippen LogP contribution in [-0.2, 0) is 4.79 Å². The van der Waals surface area contributed by atoms with E-state index in [0.717, 1.165) is 16.6 Å². The summed E-state index contributed by atoms with van der Waals surface area (Å²) in [5.74, 6) is -0.839. The molecule has 0 saturated heterocycles. The van der Waals surface area contributed by atoms with E-state index in [4.69, 9.17) is 11.5 Å². The fourth-order valence-corrected chi connectivity index (χ4v) is 3.85. The molecule has 166 valence electrons. The van der Waals surface area contributed by atoms with E-state index in [1.807, 2.05) is 18.3 Å². The van der Waals surface area contributed by atoms with E-state index in [0.29, 0.717) is 22.7 Å². The number of nitrogens with zero attached hydrogens (tertiary/aromatic N) is 3. The van der Waals surface area contributed by atoms with Gasteiger partial charge < -0.3 is 21.7 Å². The monoisotopic (exact) mass is 434 g/mol. The zero-order chi connectivity index (χ0) is 23.0. The summed E-state index contributed by atoms with van der Waals surface area (Å²) in [5, 5.41) is 7.80. The Hall–Kier alpha value is -3.88. The Kier molecular flexibility index (Phi) is 5.56. The van der Waals surface area contributed by atoms with Crippen molar-refractivity contribution in [1.29, 1.82) is 0 Å². The van der Waals surface area contributed by atoms with Crippen molar-refractivity contribution in [2.45, 2.75) is 25.8 Å². The Morgan fingerprint density at radius 2 is 1.97 bits per heavy atom. The van der Waals surface area contributed by atoms with Gasteiger partial charge in [-0.15, -0.1) is 0 Å². The van der Waals surface area contributed by atoms with Gasteiger partial charge >= 0.3 is 0 Å². The summed E-state index contributed by atoms with van der Waals surface area (Å²) in [6.45, 7) is 1.94. The third-order valence-electron chi connectivity index (χ3n) is 5.79. The molecule has 1 aromatic carbocycles. The van der Waals surface area contributed by atoms with E-state index in [1.54, 1.807) is 22.7 Å². The molecule has 0 spiro atoms. The van der Waals surface area contributed by atoms with E-state index >= 15 is 0 Å². The Morgan fingerprint density at radius 1 is 1.22 bits per heavy atom. The highest BCUT2D eigenvalue weighted by atomic mass is 16.2. The first-order chi connectivity index (χ1) is 15.2. The van der Waals surface area contributed by atoms with Gasteiger partial charge in [0.2, 0.25) is 5.91 Å². The van der Waals surface area contributed by atoms with Crippen LogP contribution in [0.15, 0.2) is 42.7 Å². The van der Waals surface area contributed by atoms with Gasteiger partial charge in [0.15, 0.2) is 0 Å². The zero-order valence-corrected chi connectivity index (χ0v) is 18.0. The van der Waals surface area contributed by atoms with Crippen molar-refractivity contribution in [2.75, 3.05) is 18.9 Å². The summed E-state index contributed by atoms with van der Waals surface area (Å²) in [4.78, 5) is 37.1. The quantitative estimate of drug-likeness (QED) is 0.497. The van der Waals surface area contributed by atoms with Gasteiger partial charge in [0.05, 0.1) is 29.5 Å². The maximum absolute atomic E-state index is 12.6. The topological polar surface area (TPSA) is 136 Å². The molecule has 32 heavy (non-hydrogen) atoms. The van der Waals surface area contributed by atoms with Crippen molar-refractivity contribution >= 4 is 28.9 Å². The number of benzene rings is 1. The van der Waals surface area contributed by atoms with Crippen LogP contribution < -0.4 is 16.8 Å². The van der Waals surface area contributed by atoms with Crippen molar-refractivity contribution in [1.82, 2.24) is 14.5 Å². The molecule has 1 aliphatic carbocycles. The first-order valence-corrected chi connectivity index (χ1v) is 10.5. The minimum Gasteiger partial charge on any atom is -0.380 e. The number of likely N-dealkylation sites (N-methyl/N-ethyl adjacent to an activating group) is 1. The van der Waals surface area contributed by atoms with Gasteiger partial charge in [-0.1, -0.05) is 12.1 Å². The molecule has 1 atom stereocenters. The molecule has 1 aliphatic rings. The summed E-state index contributed by atoms with van der Waals surface area (Å²) < 4.78 is 1.69. The number of carbonyl (C=O) groups excluding carboxylic acids is 3. The number of anilines is 1. The number of amides is 3. The summed E-state index contributed by atoms with van der Waals surface area (Å²) in [5.41, 5.74) is 14.6. The SMILES string of the molecule is CC(Nc1c(C(N)=O)cnn2cc(-c3cccc(C(=O)N(C)CC(N)=O)c3)cc12)C1CC1. The highest BCUT2D eigenvalue weighted by molar-refractivity contribution is 6.02. The van der Waals surface area contributed by atoms with Crippen molar-refractivity contribution in [3.8, 4) is 11.1 Å². The lowest BCUT2D eigenvalue weighted by atomic mass is 10.0. The van der Waals surface area contributed by atoms with Crippen LogP contribution in [-0.4, -0.2) is 51.9 Å². The molecule has 3 aromatic rings. The Bertz CT molecular complexity index is 1210. The number of hydrogen-bond donors (Lipinski definition) is 3. The fourth-order valence-electron chi connectivity index (χ4n) is 3.85. The van der Waals surface area contributed by atoms with Gasteiger partial charge in [0.25, 0.3) is 11.8 Å². The minimum absolute atomic E-state index is 0.160. The van der Waals surface area contributed by atoms with Gasteiger partial charge in [-0.05, 0) is 49.4 Å². The van der Waals surface area contributed by atoms with E-state index < -0.39 is 11.8 Å². The summed E-state index contributed by atoms with van der Waals surface area (Å²) in [6, 6.07) is 9.22. The van der Waals surface area contributed by atoms with Crippen LogP contribution >= 0.6 is 0 Å². The third-order valence-corrected chi connectivity index (χ3v) is 5.79. The lowest BCUT2D eigenvalue weighted by Crippen LogP contribution is -2.35. The van der Waals surface area contributed by atoms with E-state index in [1.165, 1.54) is 31.0 Å². The van der Waals surface area contributed by atoms with Crippen molar-refractivity contribution in [3.05, 3.63) is 53.9 Å². The molecule has 9 nitrogen and oxygen atoms in total. The molecule has 9 heteroatoms. The smallest absolute Gasteiger partial charge is 0.254 e. The number of primary amides is 2. The van der Waals surface area contributed by atoms with Gasteiger partial charge in [-0.25, -0.2) is 4.52 Å². The second-order valence-electron chi connectivity index (χ2n) is 8.33. The molecular formula is C23H26N6O3. The zero-order valence-electron chi connectivity index (χ0n) is 18.0. The molecular weight excluding hydrogens is 408 g/mol. The molecule has 1 fully saturated rings. The van der Waals surface area contributed by atoms with E-state index in [2.05, 4.69) is 17.3 Å². The van der Waals surface area contributed by atoms with Crippen molar-refractivity contribution < 1.29 is 14.4 Å². The molecule has 0 bridgehead atoms. The predicted octanol–water partition coefficient (Wildman–Crippen LogP) is 1.87. The molecule has 4 rings (SSSR count). The average molecular weight is 435 g/mol. The maximum atomic E-state index is 12.6. The van der Waals surface area contributed by atoms with Crippen LogP contribution in [0.4, 0.5) is 5.69 Å². The second-order valence-corrected chi connectivity index (χ2v) is 8.33. The van der Waals surface area contributed by atoms with Crippen LogP contribution in [0, 0.1) is 5.92 Å². The number of aromatic nitrogens is 2. The molecule has 3 amide bonds.